The summed E-state index contributed by atoms with van der Waals surface area (Å²) in [6.45, 7) is 4.76. The number of nitrogens with one attached hydrogen (secondary N) is 1. The summed E-state index contributed by atoms with van der Waals surface area (Å²) in [5, 5.41) is 2.84. The van der Waals surface area contributed by atoms with Crippen LogP contribution in [0.25, 0.3) is 0 Å². The third-order valence-electron chi connectivity index (χ3n) is 5.50. The van der Waals surface area contributed by atoms with Gasteiger partial charge >= 0.3 is 5.97 Å². The number of aryl methyl sites for hydroxylation is 2. The summed E-state index contributed by atoms with van der Waals surface area (Å²) in [4.78, 5) is 38.4. The molecule has 1 atom stereocenters. The van der Waals surface area contributed by atoms with Gasteiger partial charge in [0.25, 0.3) is 5.91 Å². The number of Topliss-reactive ketones (excluding diaryl/α,β-unsaturated/α-hetero) is 1. The number of carbonyl (C=O) groups is 3. The number of carbonyl (C=O) groups excluding carboxylic acids is 3. The van der Waals surface area contributed by atoms with Gasteiger partial charge in [0.15, 0.2) is 17.3 Å². The summed E-state index contributed by atoms with van der Waals surface area (Å²) < 4.78 is 16.5. The predicted octanol–water partition coefficient (Wildman–Crippen LogP) is 4.96. The van der Waals surface area contributed by atoms with Gasteiger partial charge in [0.05, 0.1) is 6.42 Å². The van der Waals surface area contributed by atoms with Crippen molar-refractivity contribution in [2.45, 2.75) is 32.8 Å². The van der Waals surface area contributed by atoms with Crippen molar-refractivity contribution in [3.05, 3.63) is 89.0 Å². The zero-order valence-corrected chi connectivity index (χ0v) is 19.7. The number of benzene rings is 3. The molecule has 1 amide bonds. The summed E-state index contributed by atoms with van der Waals surface area (Å²) >= 11 is 0. The maximum absolute atomic E-state index is 13.1. The molecule has 0 aliphatic carbocycles. The molecule has 7 nitrogen and oxygen atoms in total. The molecule has 7 heteroatoms. The molecule has 0 radical (unpaired) electrons. The molecule has 1 heterocycles. The molecule has 3 aromatic carbocycles. The molecule has 1 unspecified atom stereocenters. The van der Waals surface area contributed by atoms with E-state index < -0.39 is 18.0 Å². The monoisotopic (exact) mass is 473 g/mol. The highest BCUT2D eigenvalue weighted by Crippen LogP contribution is 2.31. The molecule has 1 aliphatic heterocycles. The van der Waals surface area contributed by atoms with Gasteiger partial charge in [0.1, 0.15) is 13.2 Å². The Labute approximate surface area is 204 Å². The second-order valence-electron chi connectivity index (χ2n) is 8.43. The second-order valence-corrected chi connectivity index (χ2v) is 8.43. The molecule has 1 aliphatic rings. The maximum atomic E-state index is 13.1. The number of hydrogen-bond acceptors (Lipinski definition) is 6. The Morgan fingerprint density at radius 1 is 0.857 bits per heavy atom. The van der Waals surface area contributed by atoms with Crippen LogP contribution >= 0.6 is 0 Å². The van der Waals surface area contributed by atoms with Crippen LogP contribution < -0.4 is 14.8 Å². The van der Waals surface area contributed by atoms with Gasteiger partial charge in [-0.15, -0.1) is 0 Å². The normalized spacial score (nSPS) is 13.0. The molecular weight excluding hydrogens is 446 g/mol. The van der Waals surface area contributed by atoms with E-state index in [1.54, 1.807) is 42.5 Å². The third kappa shape index (κ3) is 6.26. The highest BCUT2D eigenvalue weighted by atomic mass is 16.6. The van der Waals surface area contributed by atoms with Crippen LogP contribution in [0.1, 0.15) is 46.0 Å². The SMILES string of the molecule is Cc1cc(C)cc(NC(=O)C(OC(=O)CCC(=O)c2ccc3c(c2)OCCO3)c2ccccc2)c1. The number of hydrogen-bond donors (Lipinski definition) is 1. The van der Waals surface area contributed by atoms with Gasteiger partial charge in [-0.2, -0.15) is 0 Å². The Hall–Kier alpha value is -4.13. The van der Waals surface area contributed by atoms with Crippen molar-refractivity contribution < 1.29 is 28.6 Å². The van der Waals surface area contributed by atoms with Crippen LogP contribution in [-0.2, 0) is 14.3 Å². The van der Waals surface area contributed by atoms with Crippen molar-refractivity contribution in [2.24, 2.45) is 0 Å². The lowest BCUT2D eigenvalue weighted by Gasteiger charge is -2.19. The Balaban J connectivity index is 1.41. The highest BCUT2D eigenvalue weighted by Gasteiger charge is 2.26. The molecule has 180 valence electrons. The van der Waals surface area contributed by atoms with E-state index >= 15 is 0 Å². The van der Waals surface area contributed by atoms with E-state index in [0.717, 1.165) is 11.1 Å². The first-order valence-corrected chi connectivity index (χ1v) is 11.5. The number of rotatable bonds is 8. The fourth-order valence-electron chi connectivity index (χ4n) is 3.92. The van der Waals surface area contributed by atoms with Crippen LogP contribution in [0, 0.1) is 13.8 Å². The minimum absolute atomic E-state index is 0.0569. The first kappa shape index (κ1) is 24.0. The number of ketones is 1. The van der Waals surface area contributed by atoms with Gasteiger partial charge in [0.2, 0.25) is 6.10 Å². The van der Waals surface area contributed by atoms with Gasteiger partial charge in [-0.3, -0.25) is 14.4 Å². The van der Waals surface area contributed by atoms with E-state index in [4.69, 9.17) is 14.2 Å². The minimum atomic E-state index is -1.14. The first-order chi connectivity index (χ1) is 16.9. The maximum Gasteiger partial charge on any atom is 0.307 e. The molecule has 4 rings (SSSR count). The third-order valence-corrected chi connectivity index (χ3v) is 5.50. The molecule has 0 saturated carbocycles. The number of esters is 1. The van der Waals surface area contributed by atoms with Crippen LogP contribution in [0.2, 0.25) is 0 Å². The van der Waals surface area contributed by atoms with Crippen molar-refractivity contribution in [3.63, 3.8) is 0 Å². The second kappa shape index (κ2) is 10.9. The largest absolute Gasteiger partial charge is 0.486 e. The van der Waals surface area contributed by atoms with E-state index in [0.29, 0.717) is 41.5 Å². The van der Waals surface area contributed by atoms with Crippen molar-refractivity contribution in [1.82, 2.24) is 0 Å². The number of fused-ring (bicyclic) bond motifs is 1. The van der Waals surface area contributed by atoms with Gasteiger partial charge in [-0.1, -0.05) is 36.4 Å². The van der Waals surface area contributed by atoms with Crippen LogP contribution in [0.5, 0.6) is 11.5 Å². The Morgan fingerprint density at radius 2 is 1.54 bits per heavy atom. The van der Waals surface area contributed by atoms with Crippen molar-refractivity contribution in [3.8, 4) is 11.5 Å². The molecule has 0 bridgehead atoms. The fourth-order valence-corrected chi connectivity index (χ4v) is 3.92. The molecular formula is C28H27NO6. The summed E-state index contributed by atoms with van der Waals surface area (Å²) in [6.07, 6.45) is -1.36. The van der Waals surface area contributed by atoms with Gasteiger partial charge in [-0.05, 0) is 55.3 Å². The predicted molar refractivity (Wildman–Crippen MR) is 131 cm³/mol. The van der Waals surface area contributed by atoms with E-state index in [-0.39, 0.29) is 18.6 Å². The lowest BCUT2D eigenvalue weighted by atomic mass is 10.1. The van der Waals surface area contributed by atoms with E-state index in [2.05, 4.69) is 5.32 Å². The average Bonchev–Trinajstić information content (AvgIpc) is 2.85. The van der Waals surface area contributed by atoms with Crippen LogP contribution in [0.3, 0.4) is 0 Å². The molecule has 1 N–H and O–H groups in total. The average molecular weight is 474 g/mol. The molecule has 35 heavy (non-hydrogen) atoms. The zero-order valence-electron chi connectivity index (χ0n) is 19.7. The summed E-state index contributed by atoms with van der Waals surface area (Å²) in [7, 11) is 0. The van der Waals surface area contributed by atoms with Gasteiger partial charge in [0, 0.05) is 23.2 Å². The van der Waals surface area contributed by atoms with Crippen molar-refractivity contribution in [2.75, 3.05) is 18.5 Å². The number of amides is 1. The molecule has 0 spiro atoms. The number of ether oxygens (including phenoxy) is 3. The van der Waals surface area contributed by atoms with Crippen LogP contribution in [0.4, 0.5) is 5.69 Å². The van der Waals surface area contributed by atoms with Crippen molar-refractivity contribution in [1.29, 1.82) is 0 Å². The van der Waals surface area contributed by atoms with Gasteiger partial charge in [-0.25, -0.2) is 0 Å². The van der Waals surface area contributed by atoms with Crippen LogP contribution in [-0.4, -0.2) is 30.9 Å². The molecule has 0 saturated heterocycles. The first-order valence-electron chi connectivity index (χ1n) is 11.5. The summed E-state index contributed by atoms with van der Waals surface area (Å²) in [6, 6.07) is 19.4. The summed E-state index contributed by atoms with van der Waals surface area (Å²) in [5.41, 5.74) is 3.60. The van der Waals surface area contributed by atoms with Gasteiger partial charge < -0.3 is 19.5 Å². The van der Waals surface area contributed by atoms with E-state index in [9.17, 15) is 14.4 Å². The minimum Gasteiger partial charge on any atom is -0.486 e. The molecule has 3 aromatic rings. The molecule has 0 fully saturated rings. The van der Waals surface area contributed by atoms with Crippen molar-refractivity contribution >= 4 is 23.3 Å². The van der Waals surface area contributed by atoms with Crippen LogP contribution in [0.15, 0.2) is 66.7 Å². The Kier molecular flexibility index (Phi) is 7.45. The van der Waals surface area contributed by atoms with E-state index in [1.165, 1.54) is 0 Å². The highest BCUT2D eigenvalue weighted by molar-refractivity contribution is 5.99. The fraction of sp³-hybridized carbons (Fsp3) is 0.250. The standard InChI is InChI=1S/C28H27NO6/c1-18-14-19(2)16-22(15-18)29-28(32)27(20-6-4-3-5-7-20)35-26(31)11-9-23(30)21-8-10-24-25(17-21)34-13-12-33-24/h3-8,10,14-17,27H,9,11-13H2,1-2H3,(H,29,32). The van der Waals surface area contributed by atoms with E-state index in [1.807, 2.05) is 38.1 Å². The quantitative estimate of drug-likeness (QED) is 0.367. The Morgan fingerprint density at radius 3 is 2.26 bits per heavy atom. The lowest BCUT2D eigenvalue weighted by molar-refractivity contribution is -0.154. The molecule has 0 aromatic heterocycles. The number of anilines is 1. The summed E-state index contributed by atoms with van der Waals surface area (Å²) in [5.74, 6) is -0.229. The topological polar surface area (TPSA) is 90.9 Å². The smallest absolute Gasteiger partial charge is 0.307 e. The Bertz CT molecular complexity index is 1220. The lowest BCUT2D eigenvalue weighted by Crippen LogP contribution is -2.26. The zero-order chi connectivity index (χ0) is 24.8.